The minimum atomic E-state index is 0.642. The van der Waals surface area contributed by atoms with Crippen LogP contribution >= 0.6 is 11.8 Å². The molecule has 0 aliphatic heterocycles. The molecule has 1 aromatic heterocycles. The van der Waals surface area contributed by atoms with Gasteiger partial charge in [-0.3, -0.25) is 5.10 Å². The van der Waals surface area contributed by atoms with Crippen molar-refractivity contribution in [1.82, 2.24) is 20.5 Å². The molecule has 3 rings (SSSR count). The molecule has 1 aliphatic carbocycles. The summed E-state index contributed by atoms with van der Waals surface area (Å²) in [5.74, 6) is 0.774. The lowest BCUT2D eigenvalue weighted by Gasteiger charge is -2.06. The molecule has 0 radical (unpaired) electrons. The first kappa shape index (κ1) is 13.2. The van der Waals surface area contributed by atoms with Gasteiger partial charge in [0, 0.05) is 17.5 Å². The molecule has 5 nitrogen and oxygen atoms in total. The van der Waals surface area contributed by atoms with Crippen LogP contribution in [-0.4, -0.2) is 21.2 Å². The van der Waals surface area contributed by atoms with E-state index in [2.05, 4.69) is 32.6 Å². The largest absolute Gasteiger partial charge is 0.310 e. The fourth-order valence-corrected chi connectivity index (χ4v) is 2.70. The fraction of sp³-hybridized carbons (Fsp3) is 0.357. The highest BCUT2D eigenvalue weighted by molar-refractivity contribution is 7.99. The third-order valence-electron chi connectivity index (χ3n) is 3.11. The molecule has 1 aliphatic rings. The van der Waals surface area contributed by atoms with Gasteiger partial charge in [-0.2, -0.15) is 5.26 Å². The highest BCUT2D eigenvalue weighted by Crippen LogP contribution is 2.28. The number of hydrogen-bond acceptors (Lipinski definition) is 5. The van der Waals surface area contributed by atoms with Crippen LogP contribution in [0.3, 0.4) is 0 Å². The van der Waals surface area contributed by atoms with Crippen LogP contribution in [0, 0.1) is 18.3 Å². The van der Waals surface area contributed by atoms with Gasteiger partial charge >= 0.3 is 0 Å². The zero-order chi connectivity index (χ0) is 13.9. The summed E-state index contributed by atoms with van der Waals surface area (Å²) < 4.78 is 0. The lowest BCUT2D eigenvalue weighted by Crippen LogP contribution is -2.15. The summed E-state index contributed by atoms with van der Waals surface area (Å²) in [6.45, 7) is 2.68. The Morgan fingerprint density at radius 3 is 3.00 bits per heavy atom. The van der Waals surface area contributed by atoms with E-state index in [-0.39, 0.29) is 0 Å². The highest BCUT2D eigenvalue weighted by atomic mass is 32.2. The van der Waals surface area contributed by atoms with Crippen molar-refractivity contribution < 1.29 is 0 Å². The zero-order valence-electron chi connectivity index (χ0n) is 11.2. The van der Waals surface area contributed by atoms with Crippen molar-refractivity contribution in [3.63, 3.8) is 0 Å². The Morgan fingerprint density at radius 2 is 2.35 bits per heavy atom. The summed E-state index contributed by atoms with van der Waals surface area (Å²) in [5.41, 5.74) is 1.82. The van der Waals surface area contributed by atoms with E-state index in [1.807, 2.05) is 19.1 Å². The maximum absolute atomic E-state index is 9.28. The van der Waals surface area contributed by atoms with Gasteiger partial charge in [0.25, 0.3) is 0 Å². The van der Waals surface area contributed by atoms with Crippen LogP contribution in [0.4, 0.5) is 0 Å². The molecule has 2 aromatic rings. The molecule has 1 saturated carbocycles. The van der Waals surface area contributed by atoms with E-state index in [1.54, 1.807) is 0 Å². The molecule has 1 fully saturated rings. The van der Waals surface area contributed by atoms with Crippen molar-refractivity contribution in [2.75, 3.05) is 0 Å². The Labute approximate surface area is 121 Å². The summed E-state index contributed by atoms with van der Waals surface area (Å²) in [7, 11) is 0. The molecule has 6 heteroatoms. The van der Waals surface area contributed by atoms with E-state index in [0.717, 1.165) is 22.8 Å². The fourth-order valence-electron chi connectivity index (χ4n) is 1.88. The molecule has 102 valence electrons. The second kappa shape index (κ2) is 5.65. The van der Waals surface area contributed by atoms with Crippen LogP contribution in [-0.2, 0) is 6.54 Å². The lowest BCUT2D eigenvalue weighted by molar-refractivity contribution is 0.687. The van der Waals surface area contributed by atoms with Crippen LogP contribution in [0.5, 0.6) is 0 Å². The van der Waals surface area contributed by atoms with Crippen LogP contribution in [0.15, 0.2) is 28.3 Å². The molecule has 0 amide bonds. The van der Waals surface area contributed by atoms with E-state index in [1.165, 1.54) is 24.6 Å². The second-order valence-corrected chi connectivity index (χ2v) is 5.91. The monoisotopic (exact) mass is 285 g/mol. The van der Waals surface area contributed by atoms with Gasteiger partial charge in [-0.25, -0.2) is 4.98 Å². The number of benzene rings is 1. The van der Waals surface area contributed by atoms with E-state index in [9.17, 15) is 5.26 Å². The number of nitriles is 1. The van der Waals surface area contributed by atoms with Crippen molar-refractivity contribution >= 4 is 11.8 Å². The number of rotatable bonds is 5. The summed E-state index contributed by atoms with van der Waals surface area (Å²) in [4.78, 5) is 5.14. The molecule has 0 bridgehead atoms. The molecule has 0 atom stereocenters. The number of aromatic nitrogens is 3. The van der Waals surface area contributed by atoms with Crippen LogP contribution in [0.25, 0.3) is 0 Å². The van der Waals surface area contributed by atoms with Crippen molar-refractivity contribution in [2.45, 2.75) is 42.4 Å². The first-order valence-corrected chi connectivity index (χ1v) is 7.39. The zero-order valence-corrected chi connectivity index (χ0v) is 12.0. The van der Waals surface area contributed by atoms with E-state index in [0.29, 0.717) is 16.8 Å². The Balaban J connectivity index is 1.74. The molecular weight excluding hydrogens is 270 g/mol. The normalized spacial score (nSPS) is 14.2. The Bertz CT molecular complexity index is 654. The van der Waals surface area contributed by atoms with Crippen molar-refractivity contribution in [3.8, 4) is 6.07 Å². The Kier molecular flexibility index (Phi) is 3.72. The minimum Gasteiger partial charge on any atom is -0.310 e. The van der Waals surface area contributed by atoms with Crippen LogP contribution < -0.4 is 5.32 Å². The Hall–Kier alpha value is -1.84. The number of H-pyrrole nitrogens is 1. The average Bonchev–Trinajstić information content (AvgIpc) is 3.20. The van der Waals surface area contributed by atoms with Crippen LogP contribution in [0.2, 0.25) is 0 Å². The maximum Gasteiger partial charge on any atom is 0.213 e. The first-order chi connectivity index (χ1) is 9.74. The lowest BCUT2D eigenvalue weighted by atomic mass is 10.1. The number of aromatic amines is 1. The molecule has 20 heavy (non-hydrogen) atoms. The SMILES string of the molecule is Cc1nc(Sc2ccc(CNC3CC3)cc2C#N)n[nH]1. The van der Waals surface area contributed by atoms with Gasteiger partial charge in [-0.1, -0.05) is 6.07 Å². The van der Waals surface area contributed by atoms with Gasteiger partial charge in [-0.15, -0.1) is 5.10 Å². The van der Waals surface area contributed by atoms with Crippen molar-refractivity contribution in [3.05, 3.63) is 35.2 Å². The number of nitrogens with one attached hydrogen (secondary N) is 2. The maximum atomic E-state index is 9.28. The molecule has 1 heterocycles. The van der Waals surface area contributed by atoms with Gasteiger partial charge < -0.3 is 5.32 Å². The molecular formula is C14H15N5S. The summed E-state index contributed by atoms with van der Waals surface area (Å²) in [5, 5.41) is 20.3. The molecule has 0 unspecified atom stereocenters. The third-order valence-corrected chi connectivity index (χ3v) is 4.06. The van der Waals surface area contributed by atoms with E-state index >= 15 is 0 Å². The van der Waals surface area contributed by atoms with E-state index < -0.39 is 0 Å². The minimum absolute atomic E-state index is 0.642. The van der Waals surface area contributed by atoms with Gasteiger partial charge in [-0.05, 0) is 49.2 Å². The quantitative estimate of drug-likeness (QED) is 0.882. The van der Waals surface area contributed by atoms with Gasteiger partial charge in [0.15, 0.2) is 0 Å². The van der Waals surface area contributed by atoms with Crippen molar-refractivity contribution in [2.24, 2.45) is 0 Å². The second-order valence-electron chi connectivity index (χ2n) is 4.90. The number of hydrogen-bond donors (Lipinski definition) is 2. The van der Waals surface area contributed by atoms with E-state index in [4.69, 9.17) is 0 Å². The number of nitrogens with zero attached hydrogens (tertiary/aromatic N) is 3. The molecule has 2 N–H and O–H groups in total. The summed E-state index contributed by atoms with van der Waals surface area (Å²) in [6, 6.07) is 8.89. The predicted molar refractivity (Wildman–Crippen MR) is 76.3 cm³/mol. The highest BCUT2D eigenvalue weighted by Gasteiger charge is 2.20. The summed E-state index contributed by atoms with van der Waals surface area (Å²) >= 11 is 1.41. The predicted octanol–water partition coefficient (Wildman–Crippen LogP) is 2.39. The summed E-state index contributed by atoms with van der Waals surface area (Å²) in [6.07, 6.45) is 2.53. The first-order valence-electron chi connectivity index (χ1n) is 6.58. The topological polar surface area (TPSA) is 77.4 Å². The molecule has 1 aromatic carbocycles. The van der Waals surface area contributed by atoms with Gasteiger partial charge in [0.1, 0.15) is 11.9 Å². The van der Waals surface area contributed by atoms with Gasteiger partial charge in [0.2, 0.25) is 5.16 Å². The standard InChI is InChI=1S/C14H15N5S/c1-9-17-14(19-18-9)20-13-5-2-10(6-11(13)7-15)8-16-12-3-4-12/h2,5-6,12,16H,3-4,8H2,1H3,(H,17,18,19). The van der Waals surface area contributed by atoms with Gasteiger partial charge in [0.05, 0.1) is 5.56 Å². The number of aryl methyl sites for hydroxylation is 1. The molecule has 0 saturated heterocycles. The Morgan fingerprint density at radius 1 is 1.50 bits per heavy atom. The van der Waals surface area contributed by atoms with Crippen LogP contribution in [0.1, 0.15) is 29.8 Å². The third kappa shape index (κ3) is 3.18. The average molecular weight is 285 g/mol. The van der Waals surface area contributed by atoms with Crippen molar-refractivity contribution in [1.29, 1.82) is 5.26 Å². The smallest absolute Gasteiger partial charge is 0.213 e. The molecule has 0 spiro atoms.